The van der Waals surface area contributed by atoms with Crippen molar-refractivity contribution in [3.8, 4) is 0 Å². The Bertz CT molecular complexity index is 718. The van der Waals surface area contributed by atoms with E-state index >= 15 is 0 Å². The van der Waals surface area contributed by atoms with E-state index in [1.807, 2.05) is 36.0 Å². The molecule has 1 fully saturated rings. The molecule has 1 aliphatic heterocycles. The Kier molecular flexibility index (Phi) is 5.81. The molecule has 6 nitrogen and oxygen atoms in total. The number of nitrogens with one attached hydrogen (secondary N) is 1. The molecule has 2 heterocycles. The van der Waals surface area contributed by atoms with Crippen molar-refractivity contribution in [3.63, 3.8) is 0 Å². The lowest BCUT2D eigenvalue weighted by Gasteiger charge is -2.38. The quantitative estimate of drug-likeness (QED) is 0.671. The zero-order valence-corrected chi connectivity index (χ0v) is 15.6. The van der Waals surface area contributed by atoms with Crippen LogP contribution in [0.1, 0.15) is 12.6 Å². The maximum Gasteiger partial charge on any atom is 0.194 e. The number of benzene rings is 1. The first-order valence-corrected chi connectivity index (χ1v) is 9.06. The van der Waals surface area contributed by atoms with Gasteiger partial charge in [-0.3, -0.25) is 4.68 Å². The number of para-hydroxylation sites is 1. The smallest absolute Gasteiger partial charge is 0.194 e. The summed E-state index contributed by atoms with van der Waals surface area (Å²) >= 11 is 6.33. The molecule has 1 aromatic carbocycles. The summed E-state index contributed by atoms with van der Waals surface area (Å²) in [4.78, 5) is 9.43. The van der Waals surface area contributed by atoms with Gasteiger partial charge in [-0.1, -0.05) is 23.7 Å². The van der Waals surface area contributed by atoms with E-state index in [4.69, 9.17) is 16.6 Å². The molecule has 1 aromatic heterocycles. The summed E-state index contributed by atoms with van der Waals surface area (Å²) < 4.78 is 1.86. The van der Waals surface area contributed by atoms with E-state index in [0.717, 1.165) is 55.1 Å². The van der Waals surface area contributed by atoms with E-state index in [1.165, 1.54) is 0 Å². The average molecular weight is 361 g/mol. The third-order valence-corrected chi connectivity index (χ3v) is 4.74. The predicted molar refractivity (Wildman–Crippen MR) is 103 cm³/mol. The van der Waals surface area contributed by atoms with Crippen LogP contribution in [0.25, 0.3) is 0 Å². The van der Waals surface area contributed by atoms with Gasteiger partial charge in [0.15, 0.2) is 5.96 Å². The largest absolute Gasteiger partial charge is 0.367 e. The van der Waals surface area contributed by atoms with Crippen LogP contribution < -0.4 is 10.2 Å². The molecule has 0 radical (unpaired) electrons. The molecule has 134 valence electrons. The van der Waals surface area contributed by atoms with Crippen molar-refractivity contribution in [1.82, 2.24) is 20.0 Å². The second kappa shape index (κ2) is 8.25. The molecule has 0 saturated carbocycles. The molecule has 3 rings (SSSR count). The summed E-state index contributed by atoms with van der Waals surface area (Å²) in [6.45, 7) is 7.28. The molecule has 0 atom stereocenters. The lowest BCUT2D eigenvalue weighted by molar-refractivity contribution is 0.372. The second-order valence-electron chi connectivity index (χ2n) is 6.04. The standard InChI is InChI=1S/C18H25ClN6/c1-3-20-18(21-14-15-8-9-22-23(15)2)25-12-10-24(11-13-25)17-7-5-4-6-16(17)19/h4-9H,3,10-14H2,1-2H3,(H,20,21). The van der Waals surface area contributed by atoms with Gasteiger partial charge in [-0.2, -0.15) is 5.10 Å². The highest BCUT2D eigenvalue weighted by atomic mass is 35.5. The maximum absolute atomic E-state index is 6.33. The van der Waals surface area contributed by atoms with Gasteiger partial charge in [-0.25, -0.2) is 4.99 Å². The van der Waals surface area contributed by atoms with E-state index in [9.17, 15) is 0 Å². The van der Waals surface area contributed by atoms with Crippen LogP contribution in [0.2, 0.25) is 5.02 Å². The second-order valence-corrected chi connectivity index (χ2v) is 6.45. The number of aliphatic imine (C=N–C) groups is 1. The zero-order valence-electron chi connectivity index (χ0n) is 14.8. The topological polar surface area (TPSA) is 48.7 Å². The van der Waals surface area contributed by atoms with Crippen molar-refractivity contribution in [1.29, 1.82) is 0 Å². The van der Waals surface area contributed by atoms with E-state index < -0.39 is 0 Å². The number of halogens is 1. The lowest BCUT2D eigenvalue weighted by atomic mass is 10.2. The number of hydrogen-bond acceptors (Lipinski definition) is 3. The monoisotopic (exact) mass is 360 g/mol. The first-order valence-electron chi connectivity index (χ1n) is 8.68. The van der Waals surface area contributed by atoms with Gasteiger partial charge in [-0.15, -0.1) is 0 Å². The number of hydrogen-bond donors (Lipinski definition) is 1. The minimum absolute atomic E-state index is 0.629. The number of piperazine rings is 1. The van der Waals surface area contributed by atoms with Crippen molar-refractivity contribution in [2.75, 3.05) is 37.6 Å². The Morgan fingerprint density at radius 2 is 1.96 bits per heavy atom. The highest BCUT2D eigenvalue weighted by Gasteiger charge is 2.21. The Labute approximate surface area is 154 Å². The Hall–Kier alpha value is -2.21. The highest BCUT2D eigenvalue weighted by Crippen LogP contribution is 2.26. The predicted octanol–water partition coefficient (Wildman–Crippen LogP) is 2.36. The van der Waals surface area contributed by atoms with Gasteiger partial charge < -0.3 is 15.1 Å². The summed E-state index contributed by atoms with van der Waals surface area (Å²) in [5.41, 5.74) is 2.21. The van der Waals surface area contributed by atoms with Gasteiger partial charge in [-0.05, 0) is 25.1 Å². The summed E-state index contributed by atoms with van der Waals surface area (Å²) in [6, 6.07) is 10.0. The van der Waals surface area contributed by atoms with E-state index in [-0.39, 0.29) is 0 Å². The van der Waals surface area contributed by atoms with Gasteiger partial charge in [0.2, 0.25) is 0 Å². The van der Waals surface area contributed by atoms with Crippen LogP contribution in [-0.2, 0) is 13.6 Å². The maximum atomic E-state index is 6.33. The Morgan fingerprint density at radius 3 is 2.60 bits per heavy atom. The Morgan fingerprint density at radius 1 is 1.20 bits per heavy atom. The summed E-state index contributed by atoms with van der Waals surface area (Å²) in [7, 11) is 1.94. The molecule has 0 amide bonds. The van der Waals surface area contributed by atoms with Crippen LogP contribution in [-0.4, -0.2) is 53.4 Å². The fraction of sp³-hybridized carbons (Fsp3) is 0.444. The molecular formula is C18H25ClN6. The van der Waals surface area contributed by atoms with Crippen LogP contribution in [0.15, 0.2) is 41.5 Å². The van der Waals surface area contributed by atoms with E-state index in [2.05, 4.69) is 33.2 Å². The summed E-state index contributed by atoms with van der Waals surface area (Å²) in [6.07, 6.45) is 1.81. The van der Waals surface area contributed by atoms with Gasteiger partial charge in [0.1, 0.15) is 0 Å². The van der Waals surface area contributed by atoms with Crippen molar-refractivity contribution >= 4 is 23.2 Å². The fourth-order valence-corrected chi connectivity index (χ4v) is 3.26. The third-order valence-electron chi connectivity index (χ3n) is 4.42. The van der Waals surface area contributed by atoms with Crippen LogP contribution in [0.4, 0.5) is 5.69 Å². The highest BCUT2D eigenvalue weighted by molar-refractivity contribution is 6.33. The average Bonchev–Trinajstić information content (AvgIpc) is 3.04. The van der Waals surface area contributed by atoms with Crippen LogP contribution in [0.5, 0.6) is 0 Å². The molecule has 1 N–H and O–H groups in total. The lowest BCUT2D eigenvalue weighted by Crippen LogP contribution is -2.52. The first-order chi connectivity index (χ1) is 12.2. The molecule has 0 aliphatic carbocycles. The molecular weight excluding hydrogens is 336 g/mol. The van der Waals surface area contributed by atoms with Gasteiger partial charge in [0.05, 0.1) is 22.9 Å². The van der Waals surface area contributed by atoms with Crippen molar-refractivity contribution in [2.24, 2.45) is 12.0 Å². The SMILES string of the molecule is CCNC(=NCc1ccnn1C)N1CCN(c2ccccc2Cl)CC1. The molecule has 25 heavy (non-hydrogen) atoms. The normalized spacial score (nSPS) is 15.6. The summed E-state index contributed by atoms with van der Waals surface area (Å²) in [5, 5.41) is 8.41. The van der Waals surface area contributed by atoms with Crippen molar-refractivity contribution < 1.29 is 0 Å². The number of aryl methyl sites for hydroxylation is 1. The summed E-state index contributed by atoms with van der Waals surface area (Å²) in [5.74, 6) is 0.961. The van der Waals surface area contributed by atoms with Gasteiger partial charge in [0, 0.05) is 46.0 Å². The number of aromatic nitrogens is 2. The van der Waals surface area contributed by atoms with Crippen molar-refractivity contribution in [3.05, 3.63) is 47.2 Å². The van der Waals surface area contributed by atoms with Crippen LogP contribution in [0, 0.1) is 0 Å². The Balaban J connectivity index is 1.64. The number of anilines is 1. The molecule has 1 aliphatic rings. The fourth-order valence-electron chi connectivity index (χ4n) is 3.01. The first kappa shape index (κ1) is 17.6. The van der Waals surface area contributed by atoms with Crippen LogP contribution in [0.3, 0.4) is 0 Å². The van der Waals surface area contributed by atoms with Gasteiger partial charge >= 0.3 is 0 Å². The molecule has 7 heteroatoms. The molecule has 0 unspecified atom stereocenters. The number of nitrogens with zero attached hydrogens (tertiary/aromatic N) is 5. The number of guanidine groups is 1. The van der Waals surface area contributed by atoms with Crippen LogP contribution >= 0.6 is 11.6 Å². The molecule has 2 aromatic rings. The number of rotatable bonds is 4. The zero-order chi connectivity index (χ0) is 17.6. The minimum Gasteiger partial charge on any atom is -0.367 e. The minimum atomic E-state index is 0.629. The van der Waals surface area contributed by atoms with E-state index in [0.29, 0.717) is 6.54 Å². The molecule has 1 saturated heterocycles. The molecule has 0 bridgehead atoms. The third kappa shape index (κ3) is 4.25. The molecule has 0 spiro atoms. The van der Waals surface area contributed by atoms with Crippen molar-refractivity contribution in [2.45, 2.75) is 13.5 Å². The van der Waals surface area contributed by atoms with Gasteiger partial charge in [0.25, 0.3) is 0 Å². The van der Waals surface area contributed by atoms with E-state index in [1.54, 1.807) is 6.20 Å².